The first-order valence-corrected chi connectivity index (χ1v) is 5.63. The lowest BCUT2D eigenvalue weighted by Crippen LogP contribution is -2.00. The molecule has 2 aromatic rings. The van der Waals surface area contributed by atoms with Crippen molar-refractivity contribution in [2.75, 3.05) is 0 Å². The standard InChI is InChI=1S/C12H7Cl2NO3/c13-7-1-2-10(12(16)17)11(4-7)18-9-3-8(14)5-15-6-9/h1-6H,(H,16,17). The van der Waals surface area contributed by atoms with Gasteiger partial charge in [-0.05, 0) is 12.1 Å². The van der Waals surface area contributed by atoms with Gasteiger partial charge in [0.25, 0.3) is 0 Å². The van der Waals surface area contributed by atoms with Gasteiger partial charge in [-0.15, -0.1) is 0 Å². The molecule has 0 saturated heterocycles. The van der Waals surface area contributed by atoms with Gasteiger partial charge in [-0.25, -0.2) is 4.79 Å². The highest BCUT2D eigenvalue weighted by Gasteiger charge is 2.12. The van der Waals surface area contributed by atoms with Gasteiger partial charge in [0.05, 0.1) is 11.2 Å². The summed E-state index contributed by atoms with van der Waals surface area (Å²) < 4.78 is 5.42. The number of carboxylic acid groups (broad SMARTS) is 1. The monoisotopic (exact) mass is 283 g/mol. The molecular formula is C12H7Cl2NO3. The first-order valence-electron chi connectivity index (χ1n) is 4.87. The van der Waals surface area contributed by atoms with Crippen LogP contribution in [0.1, 0.15) is 10.4 Å². The molecule has 0 amide bonds. The Morgan fingerprint density at radius 3 is 2.61 bits per heavy atom. The van der Waals surface area contributed by atoms with E-state index >= 15 is 0 Å². The Hall–Kier alpha value is -1.78. The van der Waals surface area contributed by atoms with Crippen molar-refractivity contribution in [1.29, 1.82) is 0 Å². The van der Waals surface area contributed by atoms with E-state index in [1.54, 1.807) is 0 Å². The summed E-state index contributed by atoms with van der Waals surface area (Å²) in [5, 5.41) is 9.80. The lowest BCUT2D eigenvalue weighted by atomic mass is 10.2. The van der Waals surface area contributed by atoms with Gasteiger partial charge < -0.3 is 9.84 Å². The van der Waals surface area contributed by atoms with Crippen LogP contribution in [0.3, 0.4) is 0 Å². The molecule has 0 bridgehead atoms. The number of carbonyl (C=O) groups is 1. The summed E-state index contributed by atoms with van der Waals surface area (Å²) in [6.07, 6.45) is 2.88. The fourth-order valence-electron chi connectivity index (χ4n) is 1.33. The van der Waals surface area contributed by atoms with Gasteiger partial charge in [-0.3, -0.25) is 4.98 Å². The number of ether oxygens (including phenoxy) is 1. The summed E-state index contributed by atoms with van der Waals surface area (Å²) in [7, 11) is 0. The molecule has 0 aliphatic heterocycles. The lowest BCUT2D eigenvalue weighted by Gasteiger charge is -2.08. The van der Waals surface area contributed by atoms with Crippen LogP contribution in [-0.2, 0) is 0 Å². The molecule has 1 N–H and O–H groups in total. The minimum atomic E-state index is -1.10. The number of aromatic carboxylic acids is 1. The molecule has 1 heterocycles. The smallest absolute Gasteiger partial charge is 0.339 e. The molecule has 18 heavy (non-hydrogen) atoms. The van der Waals surface area contributed by atoms with E-state index in [1.807, 2.05) is 0 Å². The van der Waals surface area contributed by atoms with E-state index in [4.69, 9.17) is 33.0 Å². The van der Waals surface area contributed by atoms with Crippen LogP contribution in [-0.4, -0.2) is 16.1 Å². The van der Waals surface area contributed by atoms with Gasteiger partial charge in [0.1, 0.15) is 17.1 Å². The minimum absolute atomic E-state index is 0.0133. The predicted octanol–water partition coefficient (Wildman–Crippen LogP) is 3.88. The van der Waals surface area contributed by atoms with Gasteiger partial charge in [-0.1, -0.05) is 23.2 Å². The zero-order valence-electron chi connectivity index (χ0n) is 8.93. The van der Waals surface area contributed by atoms with Gasteiger partial charge in [0, 0.05) is 23.4 Å². The average Bonchev–Trinajstić information content (AvgIpc) is 2.28. The molecule has 1 aromatic heterocycles. The van der Waals surface area contributed by atoms with Gasteiger partial charge >= 0.3 is 5.97 Å². The molecule has 0 aliphatic carbocycles. The van der Waals surface area contributed by atoms with E-state index in [0.717, 1.165) is 0 Å². The summed E-state index contributed by atoms with van der Waals surface area (Å²) in [6, 6.07) is 5.80. The second-order valence-corrected chi connectivity index (χ2v) is 4.26. The zero-order chi connectivity index (χ0) is 13.1. The summed E-state index contributed by atoms with van der Waals surface area (Å²) in [6.45, 7) is 0. The predicted molar refractivity (Wildman–Crippen MR) is 67.7 cm³/mol. The summed E-state index contributed by atoms with van der Waals surface area (Å²) in [5.74, 6) is -0.622. The Balaban J connectivity index is 2.39. The van der Waals surface area contributed by atoms with Crippen molar-refractivity contribution < 1.29 is 14.6 Å². The number of aromatic nitrogens is 1. The highest BCUT2D eigenvalue weighted by Crippen LogP contribution is 2.29. The van der Waals surface area contributed by atoms with Crippen LogP contribution in [0.25, 0.3) is 0 Å². The van der Waals surface area contributed by atoms with Crippen molar-refractivity contribution >= 4 is 29.2 Å². The average molecular weight is 284 g/mol. The number of pyridine rings is 1. The highest BCUT2D eigenvalue weighted by molar-refractivity contribution is 6.31. The quantitative estimate of drug-likeness (QED) is 0.929. The molecule has 4 nitrogen and oxygen atoms in total. The Bertz CT molecular complexity index is 602. The van der Waals surface area contributed by atoms with Crippen LogP contribution in [0, 0.1) is 0 Å². The number of rotatable bonds is 3. The van der Waals surface area contributed by atoms with Crippen molar-refractivity contribution in [2.24, 2.45) is 0 Å². The van der Waals surface area contributed by atoms with Crippen molar-refractivity contribution in [2.45, 2.75) is 0 Å². The van der Waals surface area contributed by atoms with Crippen LogP contribution in [0.2, 0.25) is 10.0 Å². The molecule has 6 heteroatoms. The molecule has 2 rings (SSSR count). The molecule has 92 valence electrons. The number of benzene rings is 1. The maximum absolute atomic E-state index is 11.0. The van der Waals surface area contributed by atoms with Crippen molar-refractivity contribution in [1.82, 2.24) is 4.98 Å². The van der Waals surface area contributed by atoms with Crippen molar-refractivity contribution in [3.63, 3.8) is 0 Å². The third-order valence-corrected chi connectivity index (χ3v) is 2.52. The zero-order valence-corrected chi connectivity index (χ0v) is 10.4. The maximum atomic E-state index is 11.0. The van der Waals surface area contributed by atoms with E-state index in [-0.39, 0.29) is 11.3 Å². The van der Waals surface area contributed by atoms with Crippen LogP contribution in [0.5, 0.6) is 11.5 Å². The number of halogens is 2. The first kappa shape index (κ1) is 12.7. The molecule has 0 radical (unpaired) electrons. The third kappa shape index (κ3) is 2.91. The number of nitrogens with zero attached hydrogens (tertiary/aromatic N) is 1. The van der Waals surface area contributed by atoms with Crippen LogP contribution >= 0.6 is 23.2 Å². The number of hydrogen-bond acceptors (Lipinski definition) is 3. The van der Waals surface area contributed by atoms with E-state index < -0.39 is 5.97 Å². The molecule has 1 aromatic carbocycles. The largest absolute Gasteiger partial charge is 0.478 e. The molecule has 0 aliphatic rings. The van der Waals surface area contributed by atoms with E-state index in [9.17, 15) is 4.79 Å². The maximum Gasteiger partial charge on any atom is 0.339 e. The summed E-state index contributed by atoms with van der Waals surface area (Å²) in [4.78, 5) is 14.9. The Morgan fingerprint density at radius 2 is 1.94 bits per heavy atom. The third-order valence-electron chi connectivity index (χ3n) is 2.08. The second kappa shape index (κ2) is 5.25. The van der Waals surface area contributed by atoms with E-state index in [1.165, 1.54) is 36.7 Å². The van der Waals surface area contributed by atoms with Gasteiger partial charge in [0.15, 0.2) is 0 Å². The first-order chi connectivity index (χ1) is 8.56. The molecule has 0 atom stereocenters. The van der Waals surface area contributed by atoms with Gasteiger partial charge in [-0.2, -0.15) is 0 Å². The Labute approximate surface area is 113 Å². The highest BCUT2D eigenvalue weighted by atomic mass is 35.5. The summed E-state index contributed by atoms with van der Waals surface area (Å²) in [5.41, 5.74) is 0.0133. The molecular weight excluding hydrogens is 277 g/mol. The topological polar surface area (TPSA) is 59.4 Å². The number of carboxylic acids is 1. The molecule has 0 fully saturated rings. The van der Waals surface area contributed by atoms with Crippen molar-refractivity contribution in [3.8, 4) is 11.5 Å². The normalized spacial score (nSPS) is 10.1. The molecule has 0 unspecified atom stereocenters. The minimum Gasteiger partial charge on any atom is -0.478 e. The second-order valence-electron chi connectivity index (χ2n) is 3.39. The van der Waals surface area contributed by atoms with Gasteiger partial charge in [0.2, 0.25) is 0 Å². The Morgan fingerprint density at radius 1 is 1.17 bits per heavy atom. The van der Waals surface area contributed by atoms with Crippen LogP contribution < -0.4 is 4.74 Å². The van der Waals surface area contributed by atoms with Crippen LogP contribution in [0.15, 0.2) is 36.7 Å². The lowest BCUT2D eigenvalue weighted by molar-refractivity contribution is 0.0694. The van der Waals surface area contributed by atoms with Crippen molar-refractivity contribution in [3.05, 3.63) is 52.3 Å². The fraction of sp³-hybridized carbons (Fsp3) is 0. The van der Waals surface area contributed by atoms with Crippen LogP contribution in [0.4, 0.5) is 0 Å². The SMILES string of the molecule is O=C(O)c1ccc(Cl)cc1Oc1cncc(Cl)c1. The summed E-state index contributed by atoms with van der Waals surface area (Å²) >= 11 is 11.6. The fourth-order valence-corrected chi connectivity index (χ4v) is 1.66. The Kier molecular flexibility index (Phi) is 3.69. The van der Waals surface area contributed by atoms with E-state index in [0.29, 0.717) is 15.8 Å². The number of hydrogen-bond donors (Lipinski definition) is 1. The molecule has 0 spiro atoms. The van der Waals surface area contributed by atoms with E-state index in [2.05, 4.69) is 4.98 Å². The molecule has 0 saturated carbocycles.